The van der Waals surface area contributed by atoms with Crippen LogP contribution in [0, 0.1) is 13.5 Å². The second-order valence-corrected chi connectivity index (χ2v) is 4.21. The van der Waals surface area contributed by atoms with E-state index in [1.165, 1.54) is 12.1 Å². The lowest BCUT2D eigenvalue weighted by molar-refractivity contribution is -0.136. The molecule has 2 rings (SSSR count). The van der Waals surface area contributed by atoms with Crippen LogP contribution >= 0.6 is 0 Å². The molecule has 0 radical (unpaired) electrons. The molecular weight excluding hydrogens is 251 g/mol. The SMILES string of the molecule is [C-]#[N+]c1ccc(-c2ccc(C)cc2)cc1C(F)(F)F. The fourth-order valence-electron chi connectivity index (χ4n) is 1.79. The lowest BCUT2D eigenvalue weighted by atomic mass is 10.0. The summed E-state index contributed by atoms with van der Waals surface area (Å²) in [6.45, 7) is 8.70. The topological polar surface area (TPSA) is 4.36 Å². The lowest BCUT2D eigenvalue weighted by Crippen LogP contribution is -2.05. The summed E-state index contributed by atoms with van der Waals surface area (Å²) in [7, 11) is 0. The molecule has 0 fully saturated rings. The van der Waals surface area contributed by atoms with E-state index in [-0.39, 0.29) is 5.69 Å². The zero-order valence-corrected chi connectivity index (χ0v) is 10.1. The molecule has 0 unspecified atom stereocenters. The fourth-order valence-corrected chi connectivity index (χ4v) is 1.79. The van der Waals surface area contributed by atoms with Gasteiger partial charge >= 0.3 is 6.18 Å². The van der Waals surface area contributed by atoms with Crippen molar-refractivity contribution in [1.29, 1.82) is 0 Å². The smallest absolute Gasteiger partial charge is 0.238 e. The molecule has 96 valence electrons. The Labute approximate surface area is 109 Å². The van der Waals surface area contributed by atoms with Gasteiger partial charge in [-0.2, -0.15) is 13.2 Å². The zero-order chi connectivity index (χ0) is 14.0. The van der Waals surface area contributed by atoms with E-state index in [0.29, 0.717) is 11.1 Å². The van der Waals surface area contributed by atoms with Crippen LogP contribution in [-0.4, -0.2) is 0 Å². The number of aryl methyl sites for hydroxylation is 1. The molecule has 0 bridgehead atoms. The van der Waals surface area contributed by atoms with Crippen LogP contribution in [0.15, 0.2) is 42.5 Å². The molecule has 0 atom stereocenters. The third kappa shape index (κ3) is 2.76. The van der Waals surface area contributed by atoms with Crippen LogP contribution in [0.3, 0.4) is 0 Å². The number of hydrogen-bond acceptors (Lipinski definition) is 0. The second kappa shape index (κ2) is 4.77. The van der Waals surface area contributed by atoms with Crippen LogP contribution in [0.2, 0.25) is 0 Å². The summed E-state index contributed by atoms with van der Waals surface area (Å²) >= 11 is 0. The number of nitrogens with zero attached hydrogens (tertiary/aromatic N) is 1. The first-order chi connectivity index (χ1) is 8.91. The fraction of sp³-hybridized carbons (Fsp3) is 0.133. The summed E-state index contributed by atoms with van der Waals surface area (Å²) in [6.07, 6.45) is -4.51. The van der Waals surface area contributed by atoms with Crippen molar-refractivity contribution in [1.82, 2.24) is 0 Å². The van der Waals surface area contributed by atoms with Gasteiger partial charge in [0.25, 0.3) is 0 Å². The molecule has 0 saturated carbocycles. The molecule has 0 spiro atoms. The van der Waals surface area contributed by atoms with Crippen molar-refractivity contribution in [3.8, 4) is 11.1 Å². The predicted molar refractivity (Wildman–Crippen MR) is 67.9 cm³/mol. The van der Waals surface area contributed by atoms with Crippen molar-refractivity contribution in [2.24, 2.45) is 0 Å². The summed E-state index contributed by atoms with van der Waals surface area (Å²) in [4.78, 5) is 2.92. The third-order valence-corrected chi connectivity index (χ3v) is 2.81. The Balaban J connectivity index is 2.56. The molecule has 2 aromatic carbocycles. The van der Waals surface area contributed by atoms with Crippen LogP contribution < -0.4 is 0 Å². The maximum Gasteiger partial charge on any atom is 0.407 e. The highest BCUT2D eigenvalue weighted by molar-refractivity contribution is 5.69. The van der Waals surface area contributed by atoms with Gasteiger partial charge in [-0.15, -0.1) is 0 Å². The summed E-state index contributed by atoms with van der Waals surface area (Å²) < 4.78 is 38.6. The normalized spacial score (nSPS) is 11.1. The van der Waals surface area contributed by atoms with E-state index in [1.807, 2.05) is 19.1 Å². The summed E-state index contributed by atoms with van der Waals surface area (Å²) in [5.41, 5.74) is 0.939. The Morgan fingerprint density at radius 3 is 2.05 bits per heavy atom. The number of rotatable bonds is 1. The first-order valence-electron chi connectivity index (χ1n) is 5.57. The van der Waals surface area contributed by atoms with Gasteiger partial charge in [-0.25, -0.2) is 4.85 Å². The Kier molecular flexibility index (Phi) is 3.30. The minimum atomic E-state index is -4.51. The lowest BCUT2D eigenvalue weighted by Gasteiger charge is -2.11. The Morgan fingerprint density at radius 2 is 1.53 bits per heavy atom. The van der Waals surface area contributed by atoms with Crippen molar-refractivity contribution < 1.29 is 13.2 Å². The highest BCUT2D eigenvalue weighted by atomic mass is 19.4. The van der Waals surface area contributed by atoms with Crippen LogP contribution in [0.4, 0.5) is 18.9 Å². The van der Waals surface area contributed by atoms with E-state index < -0.39 is 11.7 Å². The summed E-state index contributed by atoms with van der Waals surface area (Å²) in [5.74, 6) is 0. The number of benzene rings is 2. The second-order valence-electron chi connectivity index (χ2n) is 4.21. The molecule has 0 aliphatic rings. The minimum Gasteiger partial charge on any atom is -0.238 e. The maximum atomic E-state index is 12.9. The molecule has 1 nitrogen and oxygen atoms in total. The highest BCUT2D eigenvalue weighted by Crippen LogP contribution is 2.38. The Bertz CT molecular complexity index is 634. The molecule has 0 heterocycles. The van der Waals surface area contributed by atoms with Gasteiger partial charge in [0.15, 0.2) is 5.69 Å². The van der Waals surface area contributed by atoms with Gasteiger partial charge in [-0.3, -0.25) is 0 Å². The number of alkyl halides is 3. The molecule has 4 heteroatoms. The van der Waals surface area contributed by atoms with Crippen LogP contribution in [0.5, 0.6) is 0 Å². The quantitative estimate of drug-likeness (QED) is 0.619. The maximum absolute atomic E-state index is 12.9. The third-order valence-electron chi connectivity index (χ3n) is 2.81. The number of hydrogen-bond donors (Lipinski definition) is 0. The van der Waals surface area contributed by atoms with Crippen molar-refractivity contribution in [3.05, 3.63) is 65.0 Å². The largest absolute Gasteiger partial charge is 0.407 e. The van der Waals surface area contributed by atoms with Gasteiger partial charge in [-0.05, 0) is 18.1 Å². The van der Waals surface area contributed by atoms with E-state index in [9.17, 15) is 13.2 Å². The van der Waals surface area contributed by atoms with Crippen LogP contribution in [0.1, 0.15) is 11.1 Å². The van der Waals surface area contributed by atoms with E-state index in [4.69, 9.17) is 6.57 Å². The monoisotopic (exact) mass is 261 g/mol. The predicted octanol–water partition coefficient (Wildman–Crippen LogP) is 5.23. The molecule has 0 aromatic heterocycles. The van der Waals surface area contributed by atoms with E-state index in [1.54, 1.807) is 12.1 Å². The molecule has 2 aromatic rings. The first kappa shape index (κ1) is 13.2. The summed E-state index contributed by atoms with van der Waals surface area (Å²) in [6, 6.07) is 11.0. The van der Waals surface area contributed by atoms with Crippen molar-refractivity contribution >= 4 is 5.69 Å². The minimum absolute atomic E-state index is 0.372. The first-order valence-corrected chi connectivity index (χ1v) is 5.57. The van der Waals surface area contributed by atoms with Crippen molar-refractivity contribution in [3.63, 3.8) is 0 Å². The Morgan fingerprint density at radius 1 is 0.947 bits per heavy atom. The molecule has 19 heavy (non-hydrogen) atoms. The van der Waals surface area contributed by atoms with Gasteiger partial charge < -0.3 is 0 Å². The van der Waals surface area contributed by atoms with E-state index in [2.05, 4.69) is 4.85 Å². The summed E-state index contributed by atoms with van der Waals surface area (Å²) in [5, 5.41) is 0. The molecule has 0 saturated heterocycles. The molecule has 0 amide bonds. The average molecular weight is 261 g/mol. The average Bonchev–Trinajstić information content (AvgIpc) is 2.38. The number of halogens is 3. The highest BCUT2D eigenvalue weighted by Gasteiger charge is 2.33. The Hall–Kier alpha value is -2.28. The van der Waals surface area contributed by atoms with Gasteiger partial charge in [-0.1, -0.05) is 48.0 Å². The van der Waals surface area contributed by atoms with Crippen LogP contribution in [0.25, 0.3) is 16.0 Å². The standard InChI is InChI=1S/C15H10F3N/c1-10-3-5-11(6-4-10)12-7-8-14(19-2)13(9-12)15(16,17)18/h3-9H,1H3. The van der Waals surface area contributed by atoms with Gasteiger partial charge in [0, 0.05) is 0 Å². The van der Waals surface area contributed by atoms with Crippen molar-refractivity contribution in [2.75, 3.05) is 0 Å². The van der Waals surface area contributed by atoms with E-state index in [0.717, 1.165) is 11.6 Å². The van der Waals surface area contributed by atoms with Gasteiger partial charge in [0.2, 0.25) is 0 Å². The molecule has 0 aliphatic carbocycles. The van der Waals surface area contributed by atoms with Crippen LogP contribution in [-0.2, 0) is 6.18 Å². The molecule has 0 N–H and O–H groups in total. The van der Waals surface area contributed by atoms with Gasteiger partial charge in [0.05, 0.1) is 12.1 Å². The zero-order valence-electron chi connectivity index (χ0n) is 10.1. The van der Waals surface area contributed by atoms with Crippen molar-refractivity contribution in [2.45, 2.75) is 13.1 Å². The van der Waals surface area contributed by atoms with Gasteiger partial charge in [0.1, 0.15) is 0 Å². The van der Waals surface area contributed by atoms with E-state index >= 15 is 0 Å². The molecule has 0 aliphatic heterocycles. The molecular formula is C15H10F3N.